The van der Waals surface area contributed by atoms with Gasteiger partial charge in [-0.05, 0) is 61.7 Å². The number of carbonyl (C=O) groups excluding carboxylic acids is 1. The number of ether oxygens (including phenoxy) is 4. The molecule has 38 heavy (non-hydrogen) atoms. The van der Waals surface area contributed by atoms with Crippen LogP contribution in [-0.4, -0.2) is 49.9 Å². The summed E-state index contributed by atoms with van der Waals surface area (Å²) in [6.07, 6.45) is 3.40. The first-order valence-electron chi connectivity index (χ1n) is 12.8. The highest BCUT2D eigenvalue weighted by Gasteiger charge is 2.13. The first kappa shape index (κ1) is 26.9. The molecule has 8 nitrogen and oxygen atoms in total. The average Bonchev–Trinajstić information content (AvgIpc) is 3.31. The van der Waals surface area contributed by atoms with Gasteiger partial charge in [0.25, 0.3) is 5.91 Å². The molecule has 3 aromatic carbocycles. The fourth-order valence-electron chi connectivity index (χ4n) is 4.39. The Kier molecular flexibility index (Phi) is 9.45. The molecule has 0 bridgehead atoms. The molecule has 200 valence electrons. The molecule has 1 aromatic heterocycles. The van der Waals surface area contributed by atoms with E-state index in [2.05, 4.69) is 16.0 Å². The number of para-hydroxylation sites is 4. The fraction of sp³-hybridized carbons (Fsp3) is 0.333. The van der Waals surface area contributed by atoms with Crippen LogP contribution in [0.4, 0.5) is 0 Å². The number of imidazole rings is 1. The summed E-state index contributed by atoms with van der Waals surface area (Å²) in [5, 5.41) is 3.00. The van der Waals surface area contributed by atoms with Crippen LogP contribution in [0.3, 0.4) is 0 Å². The van der Waals surface area contributed by atoms with Crippen molar-refractivity contribution in [1.82, 2.24) is 14.9 Å². The van der Waals surface area contributed by atoms with Gasteiger partial charge in [-0.15, -0.1) is 0 Å². The molecule has 0 unspecified atom stereocenters. The maximum atomic E-state index is 12.6. The van der Waals surface area contributed by atoms with Crippen molar-refractivity contribution in [2.45, 2.75) is 32.2 Å². The van der Waals surface area contributed by atoms with E-state index in [1.807, 2.05) is 42.5 Å². The quantitative estimate of drug-likeness (QED) is 0.229. The lowest BCUT2D eigenvalue weighted by Gasteiger charge is -2.12. The third-order valence-corrected chi connectivity index (χ3v) is 6.34. The number of methoxy groups -OCH3 is 3. The molecular weight excluding hydrogens is 482 g/mol. The summed E-state index contributed by atoms with van der Waals surface area (Å²) in [6.45, 7) is 2.01. The number of benzene rings is 3. The molecule has 0 spiro atoms. The summed E-state index contributed by atoms with van der Waals surface area (Å²) in [6, 6.07) is 21.0. The highest BCUT2D eigenvalue weighted by atomic mass is 16.5. The van der Waals surface area contributed by atoms with Crippen LogP contribution < -0.4 is 24.3 Å². The van der Waals surface area contributed by atoms with E-state index in [4.69, 9.17) is 23.9 Å². The predicted molar refractivity (Wildman–Crippen MR) is 148 cm³/mol. The summed E-state index contributed by atoms with van der Waals surface area (Å²) >= 11 is 0. The molecule has 4 aromatic rings. The van der Waals surface area contributed by atoms with Crippen LogP contribution in [0.25, 0.3) is 11.0 Å². The maximum Gasteiger partial charge on any atom is 0.251 e. The minimum Gasteiger partial charge on any atom is -0.493 e. The van der Waals surface area contributed by atoms with Crippen molar-refractivity contribution in [3.05, 3.63) is 78.1 Å². The number of carbonyl (C=O) groups is 1. The van der Waals surface area contributed by atoms with Crippen LogP contribution in [-0.2, 0) is 13.0 Å². The third-order valence-electron chi connectivity index (χ3n) is 6.34. The van der Waals surface area contributed by atoms with E-state index in [0.29, 0.717) is 30.2 Å². The first-order valence-corrected chi connectivity index (χ1v) is 12.8. The second-order valence-corrected chi connectivity index (χ2v) is 8.80. The Morgan fingerprint density at radius 2 is 1.53 bits per heavy atom. The summed E-state index contributed by atoms with van der Waals surface area (Å²) in [7, 11) is 4.77. The average molecular weight is 518 g/mol. The van der Waals surface area contributed by atoms with Gasteiger partial charge in [0.1, 0.15) is 5.82 Å². The smallest absolute Gasteiger partial charge is 0.251 e. The van der Waals surface area contributed by atoms with Crippen molar-refractivity contribution < 1.29 is 23.7 Å². The maximum absolute atomic E-state index is 12.6. The molecule has 1 heterocycles. The highest BCUT2D eigenvalue weighted by molar-refractivity contribution is 5.94. The van der Waals surface area contributed by atoms with Gasteiger partial charge in [-0.25, -0.2) is 4.98 Å². The molecule has 4 rings (SSSR count). The van der Waals surface area contributed by atoms with E-state index >= 15 is 0 Å². The number of nitrogens with zero attached hydrogens (tertiary/aromatic N) is 2. The Morgan fingerprint density at radius 1 is 0.816 bits per heavy atom. The largest absolute Gasteiger partial charge is 0.493 e. The second kappa shape index (κ2) is 13.4. The predicted octanol–water partition coefficient (Wildman–Crippen LogP) is 5.28. The minimum atomic E-state index is -0.144. The van der Waals surface area contributed by atoms with E-state index in [1.54, 1.807) is 39.5 Å². The van der Waals surface area contributed by atoms with E-state index in [-0.39, 0.29) is 5.91 Å². The molecule has 0 atom stereocenters. The summed E-state index contributed by atoms with van der Waals surface area (Å²) < 4.78 is 24.1. The topological polar surface area (TPSA) is 83.8 Å². The SMILES string of the molecule is COc1ccc(C(=O)NCCCc2nc3ccccc3n2CCCCOc2ccccc2OC)cc1OC. The van der Waals surface area contributed by atoms with Crippen molar-refractivity contribution in [2.24, 2.45) is 0 Å². The Bertz CT molecular complexity index is 1350. The zero-order valence-electron chi connectivity index (χ0n) is 22.2. The number of rotatable bonds is 14. The summed E-state index contributed by atoms with van der Waals surface area (Å²) in [5.41, 5.74) is 2.65. The van der Waals surface area contributed by atoms with Crippen LogP contribution in [0, 0.1) is 0 Å². The van der Waals surface area contributed by atoms with Crippen molar-refractivity contribution in [1.29, 1.82) is 0 Å². The van der Waals surface area contributed by atoms with Gasteiger partial charge in [0.15, 0.2) is 23.0 Å². The second-order valence-electron chi connectivity index (χ2n) is 8.80. The van der Waals surface area contributed by atoms with Crippen LogP contribution >= 0.6 is 0 Å². The molecule has 0 saturated carbocycles. The molecule has 0 fully saturated rings. The van der Waals surface area contributed by atoms with Crippen molar-refractivity contribution in [3.8, 4) is 23.0 Å². The Labute approximate surface area is 223 Å². The lowest BCUT2D eigenvalue weighted by Crippen LogP contribution is -2.25. The lowest BCUT2D eigenvalue weighted by molar-refractivity contribution is 0.0952. The van der Waals surface area contributed by atoms with Gasteiger partial charge in [0.2, 0.25) is 0 Å². The van der Waals surface area contributed by atoms with E-state index in [9.17, 15) is 4.79 Å². The molecule has 0 aliphatic carbocycles. The van der Waals surface area contributed by atoms with Gasteiger partial charge >= 0.3 is 0 Å². The number of amides is 1. The zero-order chi connectivity index (χ0) is 26.7. The zero-order valence-corrected chi connectivity index (χ0v) is 22.2. The van der Waals surface area contributed by atoms with E-state index < -0.39 is 0 Å². The van der Waals surface area contributed by atoms with Crippen LogP contribution in [0.15, 0.2) is 66.7 Å². The third kappa shape index (κ3) is 6.56. The minimum absolute atomic E-state index is 0.144. The monoisotopic (exact) mass is 517 g/mol. The normalized spacial score (nSPS) is 10.8. The molecule has 1 N–H and O–H groups in total. The number of nitrogens with one attached hydrogen (secondary N) is 1. The molecule has 0 aliphatic heterocycles. The van der Waals surface area contributed by atoms with Gasteiger partial charge in [-0.2, -0.15) is 0 Å². The Morgan fingerprint density at radius 3 is 2.32 bits per heavy atom. The molecule has 0 saturated heterocycles. The van der Waals surface area contributed by atoms with Gasteiger partial charge in [0, 0.05) is 25.1 Å². The van der Waals surface area contributed by atoms with Crippen molar-refractivity contribution in [2.75, 3.05) is 34.5 Å². The number of hydrogen-bond donors (Lipinski definition) is 1. The van der Waals surface area contributed by atoms with Gasteiger partial charge in [-0.1, -0.05) is 24.3 Å². The molecular formula is C30H35N3O5. The molecule has 8 heteroatoms. The first-order chi connectivity index (χ1) is 18.6. The molecule has 1 amide bonds. The molecule has 0 radical (unpaired) electrons. The van der Waals surface area contributed by atoms with Crippen LogP contribution in [0.2, 0.25) is 0 Å². The fourth-order valence-corrected chi connectivity index (χ4v) is 4.39. The van der Waals surface area contributed by atoms with Crippen molar-refractivity contribution in [3.63, 3.8) is 0 Å². The Hall–Kier alpha value is -4.20. The lowest BCUT2D eigenvalue weighted by atomic mass is 10.2. The van der Waals surface area contributed by atoms with E-state index in [0.717, 1.165) is 60.6 Å². The number of hydrogen-bond acceptors (Lipinski definition) is 6. The van der Waals surface area contributed by atoms with Gasteiger partial charge in [-0.3, -0.25) is 4.79 Å². The highest BCUT2D eigenvalue weighted by Crippen LogP contribution is 2.28. The summed E-state index contributed by atoms with van der Waals surface area (Å²) in [4.78, 5) is 17.5. The Balaban J connectivity index is 1.30. The number of unbranched alkanes of at least 4 members (excludes halogenated alkanes) is 1. The van der Waals surface area contributed by atoms with Crippen LogP contribution in [0.1, 0.15) is 35.4 Å². The van der Waals surface area contributed by atoms with Gasteiger partial charge < -0.3 is 28.8 Å². The molecule has 0 aliphatic rings. The summed E-state index contributed by atoms with van der Waals surface area (Å²) in [5.74, 6) is 3.51. The van der Waals surface area contributed by atoms with E-state index in [1.165, 1.54) is 0 Å². The van der Waals surface area contributed by atoms with Gasteiger partial charge in [0.05, 0.1) is 39.0 Å². The number of fused-ring (bicyclic) bond motifs is 1. The van der Waals surface area contributed by atoms with Crippen LogP contribution in [0.5, 0.6) is 23.0 Å². The standard InChI is InChI=1S/C30H35N3O5/c1-35-25-13-6-7-14-27(25)38-20-9-8-19-33-24-12-5-4-11-23(24)32-29(33)15-10-18-31-30(34)22-16-17-26(36-2)28(21-22)37-3/h4-7,11-14,16-17,21H,8-10,15,18-20H2,1-3H3,(H,31,34). The van der Waals surface area contributed by atoms with Crippen molar-refractivity contribution >= 4 is 16.9 Å². The number of aryl methyl sites for hydroxylation is 2. The number of aromatic nitrogens is 2.